The molecule has 1 aliphatic rings. The lowest BCUT2D eigenvalue weighted by Gasteiger charge is -2.23. The highest BCUT2D eigenvalue weighted by atomic mass is 32.2. The van der Waals surface area contributed by atoms with Gasteiger partial charge < -0.3 is 5.32 Å². The molecule has 0 aliphatic carbocycles. The van der Waals surface area contributed by atoms with Crippen LogP contribution in [0.25, 0.3) is 0 Å². The molecule has 2 heterocycles. The van der Waals surface area contributed by atoms with E-state index in [4.69, 9.17) is 0 Å². The molecule has 0 spiro atoms. The molecule has 4 heteroatoms. The molecule has 2 rings (SSSR count). The lowest BCUT2D eigenvalue weighted by molar-refractivity contribution is 0.344. The molecule has 100 valence electrons. The first-order chi connectivity index (χ1) is 8.84. The van der Waals surface area contributed by atoms with Crippen molar-refractivity contribution in [3.63, 3.8) is 0 Å². The zero-order chi connectivity index (χ0) is 12.6. The second kappa shape index (κ2) is 7.77. The van der Waals surface area contributed by atoms with Gasteiger partial charge in [0, 0.05) is 30.3 Å². The van der Waals surface area contributed by atoms with Crippen LogP contribution in [0.2, 0.25) is 0 Å². The van der Waals surface area contributed by atoms with Crippen molar-refractivity contribution in [1.29, 1.82) is 0 Å². The van der Waals surface area contributed by atoms with E-state index in [1.165, 1.54) is 31.7 Å². The minimum Gasteiger partial charge on any atom is -0.317 e. The Morgan fingerprint density at radius 3 is 2.94 bits per heavy atom. The first-order valence-electron chi connectivity index (χ1n) is 6.75. The maximum Gasteiger partial charge on any atom is 0.0543 e. The maximum absolute atomic E-state index is 4.36. The minimum absolute atomic E-state index is 0.870. The van der Waals surface area contributed by atoms with E-state index in [1.54, 1.807) is 0 Å². The Morgan fingerprint density at radius 1 is 1.39 bits per heavy atom. The monoisotopic (exact) mass is 265 g/mol. The fourth-order valence-electron chi connectivity index (χ4n) is 2.18. The predicted molar refractivity (Wildman–Crippen MR) is 78.9 cm³/mol. The zero-order valence-electron chi connectivity index (χ0n) is 11.1. The van der Waals surface area contributed by atoms with Gasteiger partial charge in [-0.05, 0) is 45.1 Å². The minimum atomic E-state index is 0.870. The van der Waals surface area contributed by atoms with Crippen molar-refractivity contribution in [1.82, 2.24) is 15.2 Å². The second-order valence-corrected chi connectivity index (χ2v) is 6.29. The van der Waals surface area contributed by atoms with E-state index in [1.807, 2.05) is 12.3 Å². The highest BCUT2D eigenvalue weighted by molar-refractivity contribution is 7.99. The van der Waals surface area contributed by atoms with Crippen molar-refractivity contribution in [2.24, 2.45) is 0 Å². The molecular formula is C14H23N3S. The normalized spacial score (nSPS) is 17.2. The van der Waals surface area contributed by atoms with Gasteiger partial charge in [-0.1, -0.05) is 6.07 Å². The largest absolute Gasteiger partial charge is 0.317 e. The number of pyridine rings is 1. The number of piperidine rings is 1. The van der Waals surface area contributed by atoms with Crippen LogP contribution < -0.4 is 5.32 Å². The van der Waals surface area contributed by atoms with Crippen molar-refractivity contribution in [2.45, 2.75) is 24.6 Å². The molecule has 1 aliphatic heterocycles. The van der Waals surface area contributed by atoms with E-state index in [-0.39, 0.29) is 0 Å². The van der Waals surface area contributed by atoms with Crippen LogP contribution in [0.4, 0.5) is 0 Å². The Balaban J connectivity index is 1.61. The smallest absolute Gasteiger partial charge is 0.0543 e. The lowest BCUT2D eigenvalue weighted by Crippen LogP contribution is -2.30. The summed E-state index contributed by atoms with van der Waals surface area (Å²) >= 11 is 2.13. The summed E-state index contributed by atoms with van der Waals surface area (Å²) in [4.78, 5) is 6.72. The van der Waals surface area contributed by atoms with Crippen LogP contribution in [0.5, 0.6) is 0 Å². The molecule has 0 amide bonds. The molecule has 1 saturated heterocycles. The number of nitrogens with one attached hydrogen (secondary N) is 1. The topological polar surface area (TPSA) is 28.2 Å². The van der Waals surface area contributed by atoms with Gasteiger partial charge in [0.15, 0.2) is 0 Å². The molecule has 0 bridgehead atoms. The van der Waals surface area contributed by atoms with Crippen LogP contribution in [0, 0.1) is 0 Å². The van der Waals surface area contributed by atoms with Crippen LogP contribution in [0.3, 0.4) is 0 Å². The van der Waals surface area contributed by atoms with Gasteiger partial charge in [-0.3, -0.25) is 9.88 Å². The van der Waals surface area contributed by atoms with Crippen molar-refractivity contribution in [2.75, 3.05) is 32.4 Å². The van der Waals surface area contributed by atoms with Crippen molar-refractivity contribution < 1.29 is 0 Å². The maximum atomic E-state index is 4.36. The van der Waals surface area contributed by atoms with Gasteiger partial charge in [0.2, 0.25) is 0 Å². The van der Waals surface area contributed by atoms with Crippen molar-refractivity contribution in [3.8, 4) is 0 Å². The van der Waals surface area contributed by atoms with E-state index < -0.39 is 0 Å². The standard InChI is InChI=1S/C14H23N3S/c1-17(12-13-4-2-3-7-16-13)10-11-18-14-5-8-15-9-6-14/h2-4,7,14-15H,5-6,8-12H2,1H3. The molecule has 0 aromatic carbocycles. The quantitative estimate of drug-likeness (QED) is 0.851. The Hall–Kier alpha value is -0.580. The molecule has 18 heavy (non-hydrogen) atoms. The van der Waals surface area contributed by atoms with Crippen LogP contribution in [-0.2, 0) is 6.54 Å². The molecule has 1 aromatic rings. The summed E-state index contributed by atoms with van der Waals surface area (Å²) in [5.74, 6) is 1.23. The first kappa shape index (κ1) is 13.8. The molecular weight excluding hydrogens is 242 g/mol. The zero-order valence-corrected chi connectivity index (χ0v) is 12.0. The highest BCUT2D eigenvalue weighted by Crippen LogP contribution is 2.19. The fourth-order valence-corrected chi connectivity index (χ4v) is 3.50. The summed E-state index contributed by atoms with van der Waals surface area (Å²) in [6.07, 6.45) is 4.52. The van der Waals surface area contributed by atoms with E-state index in [9.17, 15) is 0 Å². The SMILES string of the molecule is CN(CCSC1CCNCC1)Cc1ccccn1. The third-order valence-electron chi connectivity index (χ3n) is 3.27. The number of aromatic nitrogens is 1. The third-order valence-corrected chi connectivity index (χ3v) is 4.63. The third kappa shape index (κ3) is 4.96. The number of rotatable bonds is 6. The predicted octanol–water partition coefficient (Wildman–Crippen LogP) is 2.00. The summed E-state index contributed by atoms with van der Waals surface area (Å²) in [5.41, 5.74) is 1.16. The van der Waals surface area contributed by atoms with E-state index in [0.29, 0.717) is 0 Å². The highest BCUT2D eigenvalue weighted by Gasteiger charge is 2.13. The Bertz CT molecular complexity index is 325. The van der Waals surface area contributed by atoms with Crippen molar-refractivity contribution >= 4 is 11.8 Å². The first-order valence-corrected chi connectivity index (χ1v) is 7.80. The van der Waals surface area contributed by atoms with E-state index in [0.717, 1.165) is 24.0 Å². The van der Waals surface area contributed by atoms with Crippen molar-refractivity contribution in [3.05, 3.63) is 30.1 Å². The molecule has 0 radical (unpaired) electrons. The number of thioether (sulfide) groups is 1. The van der Waals surface area contributed by atoms with Gasteiger partial charge in [0.05, 0.1) is 5.69 Å². The molecule has 3 nitrogen and oxygen atoms in total. The van der Waals surface area contributed by atoms with Gasteiger partial charge in [-0.2, -0.15) is 11.8 Å². The Kier molecular flexibility index (Phi) is 5.97. The summed E-state index contributed by atoms with van der Waals surface area (Å²) in [6.45, 7) is 4.49. The van der Waals surface area contributed by atoms with Crippen LogP contribution in [-0.4, -0.2) is 47.6 Å². The van der Waals surface area contributed by atoms with E-state index in [2.05, 4.69) is 46.1 Å². The van der Waals surface area contributed by atoms with Gasteiger partial charge in [0.25, 0.3) is 0 Å². The van der Waals surface area contributed by atoms with E-state index >= 15 is 0 Å². The molecule has 1 aromatic heterocycles. The van der Waals surface area contributed by atoms with Gasteiger partial charge in [0.1, 0.15) is 0 Å². The summed E-state index contributed by atoms with van der Waals surface area (Å²) in [5, 5.41) is 4.28. The molecule has 1 fully saturated rings. The van der Waals surface area contributed by atoms with Crippen LogP contribution in [0.15, 0.2) is 24.4 Å². The van der Waals surface area contributed by atoms with Crippen LogP contribution >= 0.6 is 11.8 Å². The molecule has 0 atom stereocenters. The summed E-state index contributed by atoms with van der Waals surface area (Å²) in [6, 6.07) is 6.12. The average Bonchev–Trinajstić information content (AvgIpc) is 2.41. The fraction of sp³-hybridized carbons (Fsp3) is 0.643. The molecule has 0 saturated carbocycles. The molecule has 0 unspecified atom stereocenters. The Morgan fingerprint density at radius 2 is 2.22 bits per heavy atom. The lowest BCUT2D eigenvalue weighted by atomic mass is 10.2. The van der Waals surface area contributed by atoms with Gasteiger partial charge >= 0.3 is 0 Å². The van der Waals surface area contributed by atoms with Gasteiger partial charge in [-0.25, -0.2) is 0 Å². The summed E-state index contributed by atoms with van der Waals surface area (Å²) < 4.78 is 0. The van der Waals surface area contributed by atoms with Crippen LogP contribution in [0.1, 0.15) is 18.5 Å². The number of nitrogens with zero attached hydrogens (tertiary/aromatic N) is 2. The number of hydrogen-bond acceptors (Lipinski definition) is 4. The Labute approximate surface area is 114 Å². The van der Waals surface area contributed by atoms with Gasteiger partial charge in [-0.15, -0.1) is 0 Å². The molecule has 1 N–H and O–H groups in total. The number of hydrogen-bond donors (Lipinski definition) is 1. The summed E-state index contributed by atoms with van der Waals surface area (Å²) in [7, 11) is 2.18. The average molecular weight is 265 g/mol. The second-order valence-electron chi connectivity index (χ2n) is 4.88.